The molecule has 2 aromatic carbocycles. The van der Waals surface area contributed by atoms with Gasteiger partial charge in [-0.25, -0.2) is 8.78 Å². The molecule has 0 N–H and O–H groups in total. The summed E-state index contributed by atoms with van der Waals surface area (Å²) in [5.74, 6) is -1.89. The average molecular weight is 275 g/mol. The third-order valence-electron chi connectivity index (χ3n) is 3.34. The molecule has 1 unspecified atom stereocenters. The van der Waals surface area contributed by atoms with E-state index in [-0.39, 0.29) is 11.6 Å². The van der Waals surface area contributed by atoms with E-state index in [0.29, 0.717) is 0 Å². The molecule has 0 saturated carbocycles. The Morgan fingerprint density at radius 1 is 1.10 bits per heavy atom. The van der Waals surface area contributed by atoms with Gasteiger partial charge in [0.2, 0.25) is 0 Å². The highest BCUT2D eigenvalue weighted by molar-refractivity contribution is 5.94. The maximum absolute atomic E-state index is 13.6. The molecule has 1 amide bonds. The summed E-state index contributed by atoms with van der Waals surface area (Å²) in [4.78, 5) is 13.6. The molecule has 104 valence electrons. The van der Waals surface area contributed by atoms with Gasteiger partial charge in [0, 0.05) is 7.05 Å². The average Bonchev–Trinajstić information content (AvgIpc) is 2.48. The van der Waals surface area contributed by atoms with E-state index < -0.39 is 17.5 Å². The zero-order valence-electron chi connectivity index (χ0n) is 11.3. The topological polar surface area (TPSA) is 20.3 Å². The van der Waals surface area contributed by atoms with Gasteiger partial charge in [-0.1, -0.05) is 30.3 Å². The molecule has 0 fully saturated rings. The van der Waals surface area contributed by atoms with Crippen LogP contribution in [0.15, 0.2) is 48.5 Å². The molecule has 2 rings (SSSR count). The van der Waals surface area contributed by atoms with Crippen LogP contribution < -0.4 is 0 Å². The quantitative estimate of drug-likeness (QED) is 0.834. The normalized spacial score (nSPS) is 12.0. The van der Waals surface area contributed by atoms with Crippen LogP contribution in [-0.2, 0) is 0 Å². The summed E-state index contributed by atoms with van der Waals surface area (Å²) in [5.41, 5.74) is 0.676. The second kappa shape index (κ2) is 5.82. The minimum absolute atomic E-state index is 0.230. The van der Waals surface area contributed by atoms with E-state index in [4.69, 9.17) is 0 Å². The lowest BCUT2D eigenvalue weighted by molar-refractivity contribution is 0.0737. The molecular weight excluding hydrogens is 260 g/mol. The third-order valence-corrected chi connectivity index (χ3v) is 3.34. The van der Waals surface area contributed by atoms with E-state index in [0.717, 1.165) is 23.8 Å². The van der Waals surface area contributed by atoms with Crippen LogP contribution in [0.25, 0.3) is 0 Å². The van der Waals surface area contributed by atoms with E-state index in [1.165, 1.54) is 4.90 Å². The summed E-state index contributed by atoms with van der Waals surface area (Å²) in [7, 11) is 1.57. The molecule has 0 bridgehead atoms. The number of halogens is 2. The summed E-state index contributed by atoms with van der Waals surface area (Å²) in [6.45, 7) is 1.84. The Balaban J connectivity index is 2.27. The van der Waals surface area contributed by atoms with E-state index >= 15 is 0 Å². The minimum atomic E-state index is -0.719. The van der Waals surface area contributed by atoms with Crippen molar-refractivity contribution in [3.63, 3.8) is 0 Å². The molecule has 0 aliphatic carbocycles. The van der Waals surface area contributed by atoms with Crippen molar-refractivity contribution >= 4 is 5.91 Å². The maximum atomic E-state index is 13.6. The number of rotatable bonds is 3. The zero-order valence-corrected chi connectivity index (χ0v) is 11.3. The highest BCUT2D eigenvalue weighted by atomic mass is 19.1. The second-order valence-electron chi connectivity index (χ2n) is 4.63. The number of hydrogen-bond donors (Lipinski definition) is 0. The smallest absolute Gasteiger partial charge is 0.257 e. The van der Waals surface area contributed by atoms with Crippen molar-refractivity contribution in [1.29, 1.82) is 0 Å². The fourth-order valence-corrected chi connectivity index (χ4v) is 1.98. The number of benzene rings is 2. The molecule has 0 heterocycles. The van der Waals surface area contributed by atoms with E-state index in [1.807, 2.05) is 37.3 Å². The number of nitrogens with zero attached hydrogens (tertiary/aromatic N) is 1. The largest absolute Gasteiger partial charge is 0.335 e. The van der Waals surface area contributed by atoms with Crippen LogP contribution in [0.3, 0.4) is 0 Å². The first-order valence-corrected chi connectivity index (χ1v) is 6.28. The molecule has 0 aromatic heterocycles. The molecule has 0 aliphatic rings. The van der Waals surface area contributed by atoms with Crippen LogP contribution in [0.5, 0.6) is 0 Å². The highest BCUT2D eigenvalue weighted by Gasteiger charge is 2.21. The summed E-state index contributed by atoms with van der Waals surface area (Å²) in [6.07, 6.45) is 0. The second-order valence-corrected chi connectivity index (χ2v) is 4.63. The van der Waals surface area contributed by atoms with Crippen molar-refractivity contribution < 1.29 is 13.6 Å². The van der Waals surface area contributed by atoms with Gasteiger partial charge in [-0.05, 0) is 30.7 Å². The van der Waals surface area contributed by atoms with E-state index in [2.05, 4.69) is 0 Å². The molecule has 0 aliphatic heterocycles. The van der Waals surface area contributed by atoms with Gasteiger partial charge in [0.05, 0.1) is 11.6 Å². The van der Waals surface area contributed by atoms with Gasteiger partial charge in [0.1, 0.15) is 11.6 Å². The van der Waals surface area contributed by atoms with Crippen molar-refractivity contribution in [2.24, 2.45) is 0 Å². The van der Waals surface area contributed by atoms with Crippen molar-refractivity contribution in [3.05, 3.63) is 71.3 Å². The Bertz CT molecular complexity index is 613. The van der Waals surface area contributed by atoms with Crippen LogP contribution in [0.2, 0.25) is 0 Å². The predicted molar refractivity (Wildman–Crippen MR) is 73.3 cm³/mol. The summed E-state index contributed by atoms with van der Waals surface area (Å²) in [5, 5.41) is 0. The molecule has 0 saturated heterocycles. The van der Waals surface area contributed by atoms with Crippen LogP contribution in [-0.4, -0.2) is 17.9 Å². The monoisotopic (exact) mass is 275 g/mol. The van der Waals surface area contributed by atoms with Crippen LogP contribution in [0.4, 0.5) is 8.78 Å². The Morgan fingerprint density at radius 3 is 2.40 bits per heavy atom. The first kappa shape index (κ1) is 14.2. The Hall–Kier alpha value is -2.23. The standard InChI is InChI=1S/C16H15F2NO/c1-11(12-6-4-3-5-7-12)19(2)16(20)14-10-13(17)8-9-15(14)18/h3-11H,1-2H3. The number of amides is 1. The van der Waals surface area contributed by atoms with Crippen molar-refractivity contribution in [3.8, 4) is 0 Å². The van der Waals surface area contributed by atoms with Gasteiger partial charge < -0.3 is 4.90 Å². The molecule has 1 atom stereocenters. The molecule has 20 heavy (non-hydrogen) atoms. The molecule has 2 aromatic rings. The van der Waals surface area contributed by atoms with Gasteiger partial charge in [-0.2, -0.15) is 0 Å². The summed E-state index contributed by atoms with van der Waals surface area (Å²) >= 11 is 0. The third kappa shape index (κ3) is 2.85. The lowest BCUT2D eigenvalue weighted by Crippen LogP contribution is -2.30. The summed E-state index contributed by atoms with van der Waals surface area (Å²) in [6, 6.07) is 12.0. The number of carbonyl (C=O) groups is 1. The van der Waals surface area contributed by atoms with Gasteiger partial charge >= 0.3 is 0 Å². The molecule has 4 heteroatoms. The first-order chi connectivity index (χ1) is 9.50. The minimum Gasteiger partial charge on any atom is -0.335 e. The molecular formula is C16H15F2NO. The van der Waals surface area contributed by atoms with E-state index in [9.17, 15) is 13.6 Å². The van der Waals surface area contributed by atoms with Gasteiger partial charge in [-0.15, -0.1) is 0 Å². The SMILES string of the molecule is CC(c1ccccc1)N(C)C(=O)c1cc(F)ccc1F. The predicted octanol–water partition coefficient (Wildman–Crippen LogP) is 3.80. The zero-order chi connectivity index (χ0) is 14.7. The van der Waals surface area contributed by atoms with Crippen molar-refractivity contribution in [2.45, 2.75) is 13.0 Å². The van der Waals surface area contributed by atoms with Crippen molar-refractivity contribution in [1.82, 2.24) is 4.90 Å². The van der Waals surface area contributed by atoms with Crippen LogP contribution >= 0.6 is 0 Å². The van der Waals surface area contributed by atoms with Crippen molar-refractivity contribution in [2.75, 3.05) is 7.05 Å². The Morgan fingerprint density at radius 2 is 1.75 bits per heavy atom. The number of carbonyl (C=O) groups excluding carboxylic acids is 1. The first-order valence-electron chi connectivity index (χ1n) is 6.28. The Labute approximate surface area is 116 Å². The number of hydrogen-bond acceptors (Lipinski definition) is 1. The lowest BCUT2D eigenvalue weighted by Gasteiger charge is -2.25. The fourth-order valence-electron chi connectivity index (χ4n) is 1.98. The summed E-state index contributed by atoms with van der Waals surface area (Å²) < 4.78 is 26.8. The lowest BCUT2D eigenvalue weighted by atomic mass is 10.1. The van der Waals surface area contributed by atoms with Crippen LogP contribution in [0.1, 0.15) is 28.9 Å². The molecule has 2 nitrogen and oxygen atoms in total. The molecule has 0 spiro atoms. The van der Waals surface area contributed by atoms with Gasteiger partial charge in [0.15, 0.2) is 0 Å². The maximum Gasteiger partial charge on any atom is 0.257 e. The van der Waals surface area contributed by atoms with E-state index in [1.54, 1.807) is 7.05 Å². The highest BCUT2D eigenvalue weighted by Crippen LogP contribution is 2.21. The fraction of sp³-hybridized carbons (Fsp3) is 0.188. The molecule has 0 radical (unpaired) electrons. The van der Waals surface area contributed by atoms with Gasteiger partial charge in [0.25, 0.3) is 5.91 Å². The van der Waals surface area contributed by atoms with Crippen LogP contribution in [0, 0.1) is 11.6 Å². The van der Waals surface area contributed by atoms with Gasteiger partial charge in [-0.3, -0.25) is 4.79 Å². The Kier molecular flexibility index (Phi) is 4.13.